The van der Waals surface area contributed by atoms with Crippen LogP contribution in [0.1, 0.15) is 10.4 Å². The molecule has 0 unspecified atom stereocenters. The standard InChI is InChI=1S/C14H19N3O6/c1-16(2)11-5-4-10(8-12(11)17(20)21)14(19)23-9-13(18)15-6-7-22-3/h4-5,8H,6-7,9H2,1-3H3,(H,15,18). The van der Waals surface area contributed by atoms with Crippen LogP contribution in [0.3, 0.4) is 0 Å². The molecule has 0 saturated carbocycles. The van der Waals surface area contributed by atoms with Gasteiger partial charge in [0.05, 0.1) is 17.1 Å². The van der Waals surface area contributed by atoms with Crippen LogP contribution in [-0.4, -0.2) is 57.8 Å². The van der Waals surface area contributed by atoms with Crippen molar-refractivity contribution in [2.24, 2.45) is 0 Å². The van der Waals surface area contributed by atoms with Crippen molar-refractivity contribution in [1.29, 1.82) is 0 Å². The summed E-state index contributed by atoms with van der Waals surface area (Å²) in [5.41, 5.74) is 0.157. The third-order valence-electron chi connectivity index (χ3n) is 2.85. The fourth-order valence-corrected chi connectivity index (χ4v) is 1.73. The number of benzene rings is 1. The fourth-order valence-electron chi connectivity index (χ4n) is 1.73. The van der Waals surface area contributed by atoms with Crippen LogP contribution in [0.4, 0.5) is 11.4 Å². The summed E-state index contributed by atoms with van der Waals surface area (Å²) >= 11 is 0. The van der Waals surface area contributed by atoms with E-state index in [0.29, 0.717) is 18.8 Å². The lowest BCUT2D eigenvalue weighted by Gasteiger charge is -2.13. The summed E-state index contributed by atoms with van der Waals surface area (Å²) < 4.78 is 9.59. The van der Waals surface area contributed by atoms with Crippen molar-refractivity contribution in [2.75, 3.05) is 45.9 Å². The normalized spacial score (nSPS) is 10.0. The first-order chi connectivity index (χ1) is 10.9. The SMILES string of the molecule is COCCNC(=O)COC(=O)c1ccc(N(C)C)c([N+](=O)[O-])c1. The van der Waals surface area contributed by atoms with Crippen LogP contribution in [0.5, 0.6) is 0 Å². The molecule has 0 aliphatic carbocycles. The highest BCUT2D eigenvalue weighted by atomic mass is 16.6. The molecule has 9 nitrogen and oxygen atoms in total. The van der Waals surface area contributed by atoms with E-state index in [1.165, 1.54) is 19.2 Å². The summed E-state index contributed by atoms with van der Waals surface area (Å²) in [5, 5.41) is 13.6. The van der Waals surface area contributed by atoms with Crippen LogP contribution in [-0.2, 0) is 14.3 Å². The number of amides is 1. The van der Waals surface area contributed by atoms with Gasteiger partial charge in [-0.2, -0.15) is 0 Å². The van der Waals surface area contributed by atoms with Gasteiger partial charge in [-0.05, 0) is 12.1 Å². The lowest BCUT2D eigenvalue weighted by Crippen LogP contribution is -2.31. The number of methoxy groups -OCH3 is 1. The zero-order chi connectivity index (χ0) is 17.4. The molecule has 0 spiro atoms. The largest absolute Gasteiger partial charge is 0.452 e. The first-order valence-corrected chi connectivity index (χ1v) is 6.75. The second-order valence-electron chi connectivity index (χ2n) is 4.77. The van der Waals surface area contributed by atoms with Gasteiger partial charge in [0, 0.05) is 33.8 Å². The number of carbonyl (C=O) groups is 2. The van der Waals surface area contributed by atoms with Gasteiger partial charge in [0.25, 0.3) is 11.6 Å². The lowest BCUT2D eigenvalue weighted by molar-refractivity contribution is -0.384. The van der Waals surface area contributed by atoms with E-state index in [-0.39, 0.29) is 11.3 Å². The first-order valence-electron chi connectivity index (χ1n) is 6.75. The number of hydrogen-bond acceptors (Lipinski definition) is 7. The molecule has 1 N–H and O–H groups in total. The molecule has 0 aliphatic rings. The van der Waals surface area contributed by atoms with E-state index in [4.69, 9.17) is 9.47 Å². The summed E-state index contributed by atoms with van der Waals surface area (Å²) in [4.78, 5) is 35.3. The van der Waals surface area contributed by atoms with Gasteiger partial charge >= 0.3 is 5.97 Å². The molecular weight excluding hydrogens is 306 g/mol. The highest BCUT2D eigenvalue weighted by Crippen LogP contribution is 2.27. The molecule has 1 aromatic rings. The number of rotatable bonds is 8. The summed E-state index contributed by atoms with van der Waals surface area (Å²) in [6, 6.07) is 3.99. The smallest absolute Gasteiger partial charge is 0.338 e. The monoisotopic (exact) mass is 325 g/mol. The second-order valence-corrected chi connectivity index (χ2v) is 4.77. The molecule has 0 saturated heterocycles. The zero-order valence-corrected chi connectivity index (χ0v) is 13.2. The third-order valence-corrected chi connectivity index (χ3v) is 2.85. The van der Waals surface area contributed by atoms with Crippen molar-refractivity contribution in [3.8, 4) is 0 Å². The molecule has 0 radical (unpaired) electrons. The van der Waals surface area contributed by atoms with Gasteiger partial charge in [0.15, 0.2) is 6.61 Å². The summed E-state index contributed by atoms with van der Waals surface area (Å²) in [5.74, 6) is -1.28. The molecule has 9 heteroatoms. The number of esters is 1. The van der Waals surface area contributed by atoms with Crippen molar-refractivity contribution in [2.45, 2.75) is 0 Å². The maximum atomic E-state index is 11.9. The van der Waals surface area contributed by atoms with Gasteiger partial charge in [-0.1, -0.05) is 0 Å². The zero-order valence-electron chi connectivity index (χ0n) is 13.2. The van der Waals surface area contributed by atoms with Crippen LogP contribution in [0.25, 0.3) is 0 Å². The van der Waals surface area contributed by atoms with Crippen LogP contribution in [0.2, 0.25) is 0 Å². The molecule has 126 valence electrons. The van der Waals surface area contributed by atoms with Gasteiger partial charge in [-0.25, -0.2) is 4.79 Å². The van der Waals surface area contributed by atoms with Crippen LogP contribution < -0.4 is 10.2 Å². The Kier molecular flexibility index (Phi) is 6.94. The number of nitrogens with one attached hydrogen (secondary N) is 1. The number of ether oxygens (including phenoxy) is 2. The Hall–Kier alpha value is -2.68. The Morgan fingerprint density at radius 2 is 2.04 bits per heavy atom. The quantitative estimate of drug-likeness (QED) is 0.322. The third kappa shape index (κ3) is 5.55. The molecule has 0 aliphatic heterocycles. The van der Waals surface area contributed by atoms with Crippen LogP contribution in [0, 0.1) is 10.1 Å². The number of nitro benzene ring substituents is 1. The number of nitro groups is 1. The average Bonchev–Trinajstić information content (AvgIpc) is 2.52. The van der Waals surface area contributed by atoms with Crippen molar-refractivity contribution in [3.05, 3.63) is 33.9 Å². The van der Waals surface area contributed by atoms with E-state index in [0.717, 1.165) is 6.07 Å². The van der Waals surface area contributed by atoms with Gasteiger partial charge in [0.1, 0.15) is 5.69 Å². The highest BCUT2D eigenvalue weighted by Gasteiger charge is 2.20. The van der Waals surface area contributed by atoms with Crippen molar-refractivity contribution >= 4 is 23.3 Å². The molecule has 1 aromatic carbocycles. The van der Waals surface area contributed by atoms with Crippen LogP contribution >= 0.6 is 0 Å². The minimum absolute atomic E-state index is 0.00647. The number of carbonyl (C=O) groups excluding carboxylic acids is 2. The predicted molar refractivity (Wildman–Crippen MR) is 82.6 cm³/mol. The van der Waals surface area contributed by atoms with Crippen molar-refractivity contribution in [3.63, 3.8) is 0 Å². The van der Waals surface area contributed by atoms with Gasteiger partial charge in [0.2, 0.25) is 0 Å². The molecular formula is C14H19N3O6. The van der Waals surface area contributed by atoms with Crippen molar-refractivity contribution < 1.29 is 24.0 Å². The molecule has 23 heavy (non-hydrogen) atoms. The maximum absolute atomic E-state index is 11.9. The topological polar surface area (TPSA) is 111 Å². The Morgan fingerprint density at radius 1 is 1.35 bits per heavy atom. The van der Waals surface area contributed by atoms with E-state index in [1.807, 2.05) is 0 Å². The molecule has 1 rings (SSSR count). The van der Waals surface area contributed by atoms with Gasteiger partial charge in [-0.3, -0.25) is 14.9 Å². The van der Waals surface area contributed by atoms with Gasteiger partial charge in [-0.15, -0.1) is 0 Å². The Bertz CT molecular complexity index is 588. The minimum Gasteiger partial charge on any atom is -0.452 e. The van der Waals surface area contributed by atoms with E-state index < -0.39 is 23.4 Å². The molecule has 0 aromatic heterocycles. The minimum atomic E-state index is -0.805. The predicted octanol–water partition coefficient (Wildman–Crippen LogP) is 0.580. The summed E-state index contributed by atoms with van der Waals surface area (Å²) in [6.45, 7) is 0.180. The lowest BCUT2D eigenvalue weighted by atomic mass is 10.1. The first kappa shape index (κ1) is 18.4. The molecule has 1 amide bonds. The fraction of sp³-hybridized carbons (Fsp3) is 0.429. The molecule has 0 fully saturated rings. The van der Waals surface area contributed by atoms with Gasteiger partial charge < -0.3 is 19.7 Å². The Labute approximate surface area is 133 Å². The summed E-state index contributed by atoms with van der Waals surface area (Å²) in [6.07, 6.45) is 0. The van der Waals surface area contributed by atoms with E-state index >= 15 is 0 Å². The Morgan fingerprint density at radius 3 is 2.61 bits per heavy atom. The molecule has 0 atom stereocenters. The van der Waals surface area contributed by atoms with Crippen molar-refractivity contribution in [1.82, 2.24) is 5.32 Å². The van der Waals surface area contributed by atoms with E-state index in [1.54, 1.807) is 19.0 Å². The molecule has 0 heterocycles. The maximum Gasteiger partial charge on any atom is 0.338 e. The van der Waals surface area contributed by atoms with Crippen LogP contribution in [0.15, 0.2) is 18.2 Å². The number of anilines is 1. The van der Waals surface area contributed by atoms with E-state index in [9.17, 15) is 19.7 Å². The summed E-state index contributed by atoms with van der Waals surface area (Å²) in [7, 11) is 4.81. The van der Waals surface area contributed by atoms with E-state index in [2.05, 4.69) is 5.32 Å². The second kappa shape index (κ2) is 8.69. The average molecular weight is 325 g/mol. The Balaban J connectivity index is 2.71. The molecule has 0 bridgehead atoms. The number of nitrogens with zero attached hydrogens (tertiary/aromatic N) is 2. The highest BCUT2D eigenvalue weighted by molar-refractivity contribution is 5.93. The number of hydrogen-bond donors (Lipinski definition) is 1.